The normalized spacial score (nSPS) is 9.76. The Morgan fingerprint density at radius 1 is 0.952 bits per heavy atom. The maximum atomic E-state index is 11.8. The van der Waals surface area contributed by atoms with Crippen molar-refractivity contribution in [3.63, 3.8) is 0 Å². The van der Waals surface area contributed by atoms with E-state index in [-0.39, 0.29) is 10.6 Å². The molecule has 0 aliphatic heterocycles. The largest absolute Gasteiger partial charge is 0.340 e. The van der Waals surface area contributed by atoms with E-state index < -0.39 is 17.8 Å². The summed E-state index contributed by atoms with van der Waals surface area (Å²) in [6, 6.07) is 8.76. The third-order valence-electron chi connectivity index (χ3n) is 2.38. The Morgan fingerprint density at radius 3 is 2.38 bits per heavy atom. The fourth-order valence-electron chi connectivity index (χ4n) is 1.43. The van der Waals surface area contributed by atoms with E-state index in [0.29, 0.717) is 4.88 Å². The Balaban J connectivity index is 1.86. The molecule has 3 N–H and O–H groups in total. The zero-order chi connectivity index (χ0) is 15.2. The number of rotatable bonds is 2. The number of hydrogen-bond acceptors (Lipinski definition) is 4. The molecule has 1 aromatic carbocycles. The van der Waals surface area contributed by atoms with Gasteiger partial charge in [0, 0.05) is 0 Å². The highest BCUT2D eigenvalue weighted by Crippen LogP contribution is 2.14. The molecule has 0 aliphatic rings. The number of hydrazine groups is 1. The molecule has 1 aromatic heterocycles. The first kappa shape index (κ1) is 15.0. The van der Waals surface area contributed by atoms with Crippen molar-refractivity contribution in [3.05, 3.63) is 57.2 Å². The quantitative estimate of drug-likeness (QED) is 0.740. The average Bonchev–Trinajstić information content (AvgIpc) is 2.99. The first-order valence-electron chi connectivity index (χ1n) is 5.77. The van der Waals surface area contributed by atoms with Crippen molar-refractivity contribution in [1.29, 1.82) is 0 Å². The summed E-state index contributed by atoms with van der Waals surface area (Å²) in [5.41, 5.74) is 4.43. The average molecular weight is 324 g/mol. The molecule has 2 aromatic rings. The van der Waals surface area contributed by atoms with Gasteiger partial charge in [-0.1, -0.05) is 29.8 Å². The van der Waals surface area contributed by atoms with Crippen molar-refractivity contribution in [2.75, 3.05) is 0 Å². The molecule has 4 amide bonds. The molecule has 0 fully saturated rings. The van der Waals surface area contributed by atoms with Crippen LogP contribution in [0.15, 0.2) is 41.8 Å². The monoisotopic (exact) mass is 323 g/mol. The van der Waals surface area contributed by atoms with E-state index in [1.54, 1.807) is 29.6 Å². The van der Waals surface area contributed by atoms with Crippen molar-refractivity contribution in [1.82, 2.24) is 16.2 Å². The number of benzene rings is 1. The Hall–Kier alpha value is -2.38. The number of carbonyl (C=O) groups excluding carboxylic acids is 3. The summed E-state index contributed by atoms with van der Waals surface area (Å²) in [7, 11) is 0. The van der Waals surface area contributed by atoms with E-state index in [1.165, 1.54) is 23.5 Å². The van der Waals surface area contributed by atoms with Gasteiger partial charge in [0.25, 0.3) is 11.8 Å². The fraction of sp³-hybridized carbons (Fsp3) is 0. The van der Waals surface area contributed by atoms with E-state index >= 15 is 0 Å². The molecule has 21 heavy (non-hydrogen) atoms. The Bertz CT molecular complexity index is 673. The van der Waals surface area contributed by atoms with Gasteiger partial charge in [-0.15, -0.1) is 11.3 Å². The molecule has 0 unspecified atom stereocenters. The molecular weight excluding hydrogens is 314 g/mol. The Kier molecular flexibility index (Phi) is 4.91. The summed E-state index contributed by atoms with van der Waals surface area (Å²) < 4.78 is 0. The smallest absolute Gasteiger partial charge is 0.273 e. The highest BCUT2D eigenvalue weighted by atomic mass is 35.5. The molecule has 0 spiro atoms. The van der Waals surface area contributed by atoms with E-state index in [0.717, 1.165) is 0 Å². The predicted octanol–water partition coefficient (Wildman–Crippen LogP) is 2.19. The molecule has 0 radical (unpaired) electrons. The van der Waals surface area contributed by atoms with Crippen molar-refractivity contribution >= 4 is 40.8 Å². The molecular formula is C13H10ClN3O3S. The fourth-order valence-corrected chi connectivity index (χ4v) is 2.27. The minimum absolute atomic E-state index is 0.166. The van der Waals surface area contributed by atoms with Gasteiger partial charge in [0.1, 0.15) is 0 Å². The van der Waals surface area contributed by atoms with Crippen LogP contribution >= 0.6 is 22.9 Å². The minimum atomic E-state index is -0.857. The van der Waals surface area contributed by atoms with Crippen molar-refractivity contribution < 1.29 is 14.4 Å². The summed E-state index contributed by atoms with van der Waals surface area (Å²) in [5, 5.41) is 4.01. The van der Waals surface area contributed by atoms with Gasteiger partial charge in [-0.25, -0.2) is 10.2 Å². The summed E-state index contributed by atoms with van der Waals surface area (Å²) >= 11 is 7.06. The van der Waals surface area contributed by atoms with Crippen LogP contribution in [0.25, 0.3) is 0 Å². The molecule has 2 rings (SSSR count). The first-order valence-corrected chi connectivity index (χ1v) is 7.03. The third kappa shape index (κ3) is 4.04. The molecule has 0 saturated carbocycles. The second-order valence-corrected chi connectivity index (χ2v) is 5.17. The molecule has 6 nitrogen and oxygen atoms in total. The lowest BCUT2D eigenvalue weighted by Crippen LogP contribution is -2.48. The first-order chi connectivity index (χ1) is 10.1. The van der Waals surface area contributed by atoms with Gasteiger partial charge in [0.15, 0.2) is 0 Å². The van der Waals surface area contributed by atoms with Gasteiger partial charge in [0.2, 0.25) is 0 Å². The SMILES string of the molecule is O=C(NNC(=O)c1cccs1)NC(=O)c1ccccc1Cl. The number of nitrogens with one attached hydrogen (secondary N) is 3. The zero-order valence-electron chi connectivity index (χ0n) is 10.6. The van der Waals surface area contributed by atoms with E-state index in [2.05, 4.69) is 16.2 Å². The highest BCUT2D eigenvalue weighted by Gasteiger charge is 2.14. The number of thiophene rings is 1. The van der Waals surface area contributed by atoms with Crippen molar-refractivity contribution in [2.45, 2.75) is 0 Å². The molecule has 1 heterocycles. The van der Waals surface area contributed by atoms with Crippen LogP contribution in [0.2, 0.25) is 5.02 Å². The summed E-state index contributed by atoms with van der Waals surface area (Å²) in [5.74, 6) is -1.13. The lowest BCUT2D eigenvalue weighted by atomic mass is 10.2. The van der Waals surface area contributed by atoms with E-state index in [4.69, 9.17) is 11.6 Å². The third-order valence-corrected chi connectivity index (χ3v) is 3.58. The van der Waals surface area contributed by atoms with Gasteiger partial charge < -0.3 is 0 Å². The van der Waals surface area contributed by atoms with Gasteiger partial charge in [0.05, 0.1) is 15.5 Å². The van der Waals surface area contributed by atoms with Crippen LogP contribution in [-0.2, 0) is 0 Å². The second kappa shape index (κ2) is 6.87. The minimum Gasteiger partial charge on any atom is -0.273 e. The molecule has 0 aliphatic carbocycles. The van der Waals surface area contributed by atoms with Crippen LogP contribution in [0, 0.1) is 0 Å². The molecule has 0 bridgehead atoms. The van der Waals surface area contributed by atoms with E-state index in [9.17, 15) is 14.4 Å². The molecule has 108 valence electrons. The standard InChI is InChI=1S/C13H10ClN3O3S/c14-9-5-2-1-4-8(9)11(18)15-13(20)17-16-12(19)10-6-3-7-21-10/h1-7H,(H,16,19)(H2,15,17,18,20). The highest BCUT2D eigenvalue weighted by molar-refractivity contribution is 7.12. The van der Waals surface area contributed by atoms with Crippen LogP contribution in [0.4, 0.5) is 4.79 Å². The number of imide groups is 1. The second-order valence-electron chi connectivity index (χ2n) is 3.82. The van der Waals surface area contributed by atoms with Crippen LogP contribution in [0.5, 0.6) is 0 Å². The number of carbonyl (C=O) groups is 3. The predicted molar refractivity (Wildman–Crippen MR) is 79.2 cm³/mol. The van der Waals surface area contributed by atoms with Crippen molar-refractivity contribution in [3.8, 4) is 0 Å². The van der Waals surface area contributed by atoms with Gasteiger partial charge in [-0.2, -0.15) is 0 Å². The number of urea groups is 1. The lowest BCUT2D eigenvalue weighted by Gasteiger charge is -2.08. The van der Waals surface area contributed by atoms with Crippen molar-refractivity contribution in [2.24, 2.45) is 0 Å². The number of amides is 4. The topological polar surface area (TPSA) is 87.3 Å². The molecule has 0 saturated heterocycles. The summed E-state index contributed by atoms with van der Waals surface area (Å²) in [4.78, 5) is 35.3. The van der Waals surface area contributed by atoms with Crippen LogP contribution in [0.1, 0.15) is 20.0 Å². The molecule has 8 heteroatoms. The zero-order valence-corrected chi connectivity index (χ0v) is 12.1. The maximum absolute atomic E-state index is 11.8. The van der Waals surface area contributed by atoms with Crippen LogP contribution in [0.3, 0.4) is 0 Å². The Labute approximate surface area is 129 Å². The summed E-state index contributed by atoms with van der Waals surface area (Å²) in [6.07, 6.45) is 0. The number of halogens is 1. The van der Waals surface area contributed by atoms with E-state index in [1.807, 2.05) is 0 Å². The van der Waals surface area contributed by atoms with Gasteiger partial charge in [-0.3, -0.25) is 20.3 Å². The summed E-state index contributed by atoms with van der Waals surface area (Å²) in [6.45, 7) is 0. The number of hydrogen-bond donors (Lipinski definition) is 3. The van der Waals surface area contributed by atoms with Crippen LogP contribution < -0.4 is 16.2 Å². The Morgan fingerprint density at radius 2 is 1.71 bits per heavy atom. The molecule has 0 atom stereocenters. The lowest BCUT2D eigenvalue weighted by molar-refractivity contribution is 0.0921. The van der Waals surface area contributed by atoms with Gasteiger partial charge in [-0.05, 0) is 23.6 Å². The van der Waals surface area contributed by atoms with Crippen LogP contribution in [-0.4, -0.2) is 17.8 Å². The van der Waals surface area contributed by atoms with Gasteiger partial charge >= 0.3 is 6.03 Å². The maximum Gasteiger partial charge on any atom is 0.340 e.